The Hall–Kier alpha value is -2.55. The minimum Gasteiger partial charge on any atom is -0.471 e. The van der Waals surface area contributed by atoms with E-state index in [2.05, 4.69) is 10.3 Å². The molecule has 0 bridgehead atoms. The largest absolute Gasteiger partial charge is 0.471 e. The Kier molecular flexibility index (Phi) is 6.26. The number of ether oxygens (including phenoxy) is 3. The molecule has 0 aliphatic carbocycles. The topological polar surface area (TPSA) is 90.0 Å². The second-order valence-electron chi connectivity index (χ2n) is 6.92. The van der Waals surface area contributed by atoms with Crippen LogP contribution in [0.15, 0.2) is 36.5 Å². The van der Waals surface area contributed by atoms with Gasteiger partial charge in [0.2, 0.25) is 5.88 Å². The van der Waals surface area contributed by atoms with Gasteiger partial charge in [-0.15, -0.1) is 0 Å². The summed E-state index contributed by atoms with van der Waals surface area (Å²) in [7, 11) is 0. The number of pyridine rings is 1. The van der Waals surface area contributed by atoms with Crippen LogP contribution < -0.4 is 15.0 Å². The fraction of sp³-hybridized carbons (Fsp3) is 0.350. The molecule has 0 radical (unpaired) electrons. The first-order chi connectivity index (χ1) is 14.5. The number of aromatic nitrogens is 1. The predicted molar refractivity (Wildman–Crippen MR) is 110 cm³/mol. The van der Waals surface area contributed by atoms with Gasteiger partial charge in [-0.25, -0.2) is 9.78 Å². The smallest absolute Gasteiger partial charge is 0.414 e. The van der Waals surface area contributed by atoms with Crippen LogP contribution in [0.3, 0.4) is 0 Å². The first-order valence-corrected chi connectivity index (χ1v) is 10.2. The summed E-state index contributed by atoms with van der Waals surface area (Å²) in [6.45, 7) is 1.61. The van der Waals surface area contributed by atoms with E-state index in [4.69, 9.17) is 37.4 Å². The van der Waals surface area contributed by atoms with Gasteiger partial charge in [-0.3, -0.25) is 9.69 Å². The molecule has 30 heavy (non-hydrogen) atoms. The van der Waals surface area contributed by atoms with Crippen molar-refractivity contribution in [3.05, 3.63) is 52.1 Å². The molecule has 2 aromatic rings. The van der Waals surface area contributed by atoms with E-state index in [0.29, 0.717) is 30.5 Å². The Bertz CT molecular complexity index is 935. The fourth-order valence-corrected chi connectivity index (χ4v) is 3.51. The minimum atomic E-state index is -0.481. The van der Waals surface area contributed by atoms with Gasteiger partial charge in [0.1, 0.15) is 17.2 Å². The van der Waals surface area contributed by atoms with Crippen LogP contribution in [0, 0.1) is 0 Å². The summed E-state index contributed by atoms with van der Waals surface area (Å²) in [4.78, 5) is 30.2. The summed E-state index contributed by atoms with van der Waals surface area (Å²) < 4.78 is 16.3. The summed E-state index contributed by atoms with van der Waals surface area (Å²) in [5.74, 6) is -0.104. The molecule has 2 aliphatic rings. The van der Waals surface area contributed by atoms with Gasteiger partial charge in [-0.1, -0.05) is 23.2 Å². The predicted octanol–water partition coefficient (Wildman–Crippen LogP) is 3.31. The van der Waals surface area contributed by atoms with E-state index < -0.39 is 12.2 Å². The molecule has 10 heteroatoms. The zero-order valence-electron chi connectivity index (χ0n) is 15.8. The molecule has 0 spiro atoms. The van der Waals surface area contributed by atoms with Crippen molar-refractivity contribution in [3.8, 4) is 5.88 Å². The Morgan fingerprint density at radius 1 is 1.30 bits per heavy atom. The molecule has 2 atom stereocenters. The third-order valence-electron chi connectivity index (χ3n) is 4.74. The van der Waals surface area contributed by atoms with Crippen molar-refractivity contribution in [2.24, 2.45) is 0 Å². The van der Waals surface area contributed by atoms with Crippen molar-refractivity contribution < 1.29 is 23.8 Å². The zero-order valence-corrected chi connectivity index (χ0v) is 17.4. The molecule has 1 aromatic carbocycles. The van der Waals surface area contributed by atoms with Crippen molar-refractivity contribution in [1.82, 2.24) is 10.3 Å². The van der Waals surface area contributed by atoms with Crippen molar-refractivity contribution in [3.63, 3.8) is 0 Å². The van der Waals surface area contributed by atoms with Crippen molar-refractivity contribution in [2.45, 2.75) is 18.6 Å². The molecule has 2 saturated heterocycles. The SMILES string of the molecule is O=C(NCC1CN(c2ccc(Cl)cc2)C(=O)O1)c1cnc(OC2CCOC2)c(Cl)c1. The van der Waals surface area contributed by atoms with E-state index in [1.54, 1.807) is 24.3 Å². The molecule has 4 rings (SSSR count). The lowest BCUT2D eigenvalue weighted by Crippen LogP contribution is -2.34. The molecule has 8 nitrogen and oxygen atoms in total. The maximum atomic E-state index is 12.4. The highest BCUT2D eigenvalue weighted by molar-refractivity contribution is 6.32. The molecule has 0 saturated carbocycles. The number of carbonyl (C=O) groups is 2. The number of benzene rings is 1. The van der Waals surface area contributed by atoms with E-state index in [-0.39, 0.29) is 35.0 Å². The lowest BCUT2D eigenvalue weighted by Gasteiger charge is -2.14. The van der Waals surface area contributed by atoms with Crippen LogP contribution in [0.25, 0.3) is 0 Å². The number of halogens is 2. The first kappa shape index (κ1) is 20.7. The Labute approximate surface area is 183 Å². The lowest BCUT2D eigenvalue weighted by atomic mass is 10.2. The van der Waals surface area contributed by atoms with Gasteiger partial charge in [0.05, 0.1) is 31.9 Å². The number of rotatable bonds is 6. The monoisotopic (exact) mass is 451 g/mol. The molecule has 2 fully saturated rings. The van der Waals surface area contributed by atoms with Crippen molar-refractivity contribution in [2.75, 3.05) is 31.2 Å². The average Bonchev–Trinajstić information content (AvgIpc) is 3.38. The molecule has 3 heterocycles. The quantitative estimate of drug-likeness (QED) is 0.724. The number of anilines is 1. The highest BCUT2D eigenvalue weighted by Gasteiger charge is 2.32. The summed E-state index contributed by atoms with van der Waals surface area (Å²) in [5.41, 5.74) is 0.964. The molecule has 158 valence electrons. The van der Waals surface area contributed by atoms with E-state index in [9.17, 15) is 9.59 Å². The molecule has 1 aromatic heterocycles. The van der Waals surface area contributed by atoms with Crippen LogP contribution in [0.2, 0.25) is 10.0 Å². The summed E-state index contributed by atoms with van der Waals surface area (Å²) >= 11 is 12.1. The molecule has 2 amide bonds. The second kappa shape index (κ2) is 9.07. The molecule has 2 aliphatic heterocycles. The highest BCUT2D eigenvalue weighted by atomic mass is 35.5. The van der Waals surface area contributed by atoms with Crippen LogP contribution in [-0.4, -0.2) is 55.5 Å². The first-order valence-electron chi connectivity index (χ1n) is 9.41. The Balaban J connectivity index is 1.31. The van der Waals surface area contributed by atoms with Gasteiger partial charge in [0.25, 0.3) is 5.91 Å². The molecular weight excluding hydrogens is 433 g/mol. The van der Waals surface area contributed by atoms with Gasteiger partial charge >= 0.3 is 6.09 Å². The number of nitrogens with one attached hydrogen (secondary N) is 1. The number of carbonyl (C=O) groups excluding carboxylic acids is 2. The van der Waals surface area contributed by atoms with Gasteiger partial charge in [-0.2, -0.15) is 0 Å². The lowest BCUT2D eigenvalue weighted by molar-refractivity contribution is 0.0915. The zero-order chi connectivity index (χ0) is 21.1. The van der Waals surface area contributed by atoms with Crippen LogP contribution in [0.5, 0.6) is 5.88 Å². The Morgan fingerprint density at radius 3 is 2.80 bits per heavy atom. The average molecular weight is 452 g/mol. The fourth-order valence-electron chi connectivity index (χ4n) is 3.17. The number of cyclic esters (lactones) is 1. The standard InChI is InChI=1S/C20H19Cl2N3O5/c21-13-1-3-14(4-2-13)25-10-16(30-20(25)27)9-23-18(26)12-7-17(22)19(24-8-12)29-15-5-6-28-11-15/h1-4,7-8,15-16H,5-6,9-11H2,(H,23,26). The Morgan fingerprint density at radius 2 is 2.10 bits per heavy atom. The van der Waals surface area contributed by atoms with Crippen molar-refractivity contribution >= 4 is 40.9 Å². The normalized spacial score (nSPS) is 20.9. The van der Waals surface area contributed by atoms with Gasteiger partial charge < -0.3 is 19.5 Å². The van der Waals surface area contributed by atoms with Crippen LogP contribution in [0.1, 0.15) is 16.8 Å². The number of nitrogens with zero attached hydrogens (tertiary/aromatic N) is 2. The molecular formula is C20H19Cl2N3O5. The number of hydrogen-bond acceptors (Lipinski definition) is 6. The van der Waals surface area contributed by atoms with Crippen LogP contribution in [-0.2, 0) is 9.47 Å². The van der Waals surface area contributed by atoms with Crippen molar-refractivity contribution in [1.29, 1.82) is 0 Å². The second-order valence-corrected chi connectivity index (χ2v) is 7.76. The van der Waals surface area contributed by atoms with E-state index >= 15 is 0 Å². The summed E-state index contributed by atoms with van der Waals surface area (Å²) in [6, 6.07) is 8.36. The van der Waals surface area contributed by atoms with Gasteiger partial charge in [0, 0.05) is 23.3 Å². The van der Waals surface area contributed by atoms with Crippen LogP contribution >= 0.6 is 23.2 Å². The van der Waals surface area contributed by atoms with Crippen LogP contribution in [0.4, 0.5) is 10.5 Å². The van der Waals surface area contributed by atoms with Gasteiger partial charge in [0.15, 0.2) is 0 Å². The number of hydrogen-bond donors (Lipinski definition) is 1. The maximum Gasteiger partial charge on any atom is 0.414 e. The maximum absolute atomic E-state index is 12.4. The van der Waals surface area contributed by atoms with E-state index in [0.717, 1.165) is 6.42 Å². The molecule has 2 unspecified atom stereocenters. The van der Waals surface area contributed by atoms with Gasteiger partial charge in [-0.05, 0) is 30.3 Å². The third-order valence-corrected chi connectivity index (χ3v) is 5.26. The summed E-state index contributed by atoms with van der Waals surface area (Å²) in [6.07, 6.45) is 1.12. The van der Waals surface area contributed by atoms with E-state index in [1.807, 2.05) is 0 Å². The molecule has 1 N–H and O–H groups in total. The summed E-state index contributed by atoms with van der Waals surface area (Å²) in [5, 5.41) is 3.56. The third kappa shape index (κ3) is 4.77. The highest BCUT2D eigenvalue weighted by Crippen LogP contribution is 2.26. The number of amides is 2. The van der Waals surface area contributed by atoms with E-state index in [1.165, 1.54) is 17.2 Å². The minimum absolute atomic E-state index is 0.0877.